The van der Waals surface area contributed by atoms with Gasteiger partial charge in [0.15, 0.2) is 0 Å². The molecule has 0 unspecified atom stereocenters. The van der Waals surface area contributed by atoms with Gasteiger partial charge in [0.2, 0.25) is 5.91 Å². The number of carbonyl (C=O) groups excluding carboxylic acids is 1. The molecular formula is C8H8Br2N2O. The average molecular weight is 308 g/mol. The molecule has 0 saturated heterocycles. The second-order valence-corrected chi connectivity index (χ2v) is 3.94. The Morgan fingerprint density at radius 2 is 2.08 bits per heavy atom. The molecular weight excluding hydrogens is 300 g/mol. The van der Waals surface area contributed by atoms with Crippen molar-refractivity contribution in [1.29, 1.82) is 0 Å². The van der Waals surface area contributed by atoms with Crippen molar-refractivity contribution in [3.05, 3.63) is 27.7 Å². The Morgan fingerprint density at radius 3 is 2.54 bits per heavy atom. The number of hydrogen-bond acceptors (Lipinski definition) is 2. The van der Waals surface area contributed by atoms with E-state index in [0.717, 1.165) is 5.56 Å². The maximum absolute atomic E-state index is 10.9. The van der Waals surface area contributed by atoms with Gasteiger partial charge in [0, 0.05) is 21.1 Å². The van der Waals surface area contributed by atoms with Crippen LogP contribution in [0.4, 0.5) is 5.69 Å². The lowest BCUT2D eigenvalue weighted by atomic mass is 10.1. The second-order valence-electron chi connectivity index (χ2n) is 2.53. The third-order valence-corrected chi connectivity index (χ3v) is 2.90. The molecule has 0 aliphatic carbocycles. The first-order valence-electron chi connectivity index (χ1n) is 3.50. The number of anilines is 1. The van der Waals surface area contributed by atoms with E-state index in [1.54, 1.807) is 12.1 Å². The maximum atomic E-state index is 10.9. The molecule has 3 nitrogen and oxygen atoms in total. The van der Waals surface area contributed by atoms with Crippen molar-refractivity contribution in [2.75, 3.05) is 5.73 Å². The van der Waals surface area contributed by atoms with Gasteiger partial charge in [-0.3, -0.25) is 4.79 Å². The Kier molecular flexibility index (Phi) is 3.33. The largest absolute Gasteiger partial charge is 0.398 e. The molecule has 13 heavy (non-hydrogen) atoms. The van der Waals surface area contributed by atoms with Crippen LogP contribution in [0.25, 0.3) is 0 Å². The predicted molar refractivity (Wildman–Crippen MR) is 59.7 cm³/mol. The number of amides is 1. The number of alkyl halides is 1. The van der Waals surface area contributed by atoms with Crippen LogP contribution in [0.1, 0.15) is 15.9 Å². The summed E-state index contributed by atoms with van der Waals surface area (Å²) in [4.78, 5) is 10.9. The molecule has 1 rings (SSSR count). The Balaban J connectivity index is 3.30. The van der Waals surface area contributed by atoms with Crippen LogP contribution in [0.3, 0.4) is 0 Å². The number of benzene rings is 1. The summed E-state index contributed by atoms with van der Waals surface area (Å²) >= 11 is 6.53. The smallest absolute Gasteiger partial charge is 0.248 e. The van der Waals surface area contributed by atoms with Gasteiger partial charge in [-0.2, -0.15) is 0 Å². The summed E-state index contributed by atoms with van der Waals surface area (Å²) in [5.41, 5.74) is 12.8. The van der Waals surface area contributed by atoms with Crippen LogP contribution in [-0.2, 0) is 5.33 Å². The van der Waals surface area contributed by atoms with Crippen LogP contribution < -0.4 is 11.5 Å². The summed E-state index contributed by atoms with van der Waals surface area (Å²) in [6.07, 6.45) is 0. The summed E-state index contributed by atoms with van der Waals surface area (Å²) in [5, 5.41) is 0.596. The molecule has 0 spiro atoms. The molecule has 0 bridgehead atoms. The number of carbonyl (C=O) groups is 1. The number of nitrogen functional groups attached to an aromatic ring is 1. The van der Waals surface area contributed by atoms with E-state index in [1.165, 1.54) is 0 Å². The fraction of sp³-hybridized carbons (Fsp3) is 0.125. The summed E-state index contributed by atoms with van der Waals surface area (Å²) in [6.45, 7) is 0. The fourth-order valence-corrected chi connectivity index (χ4v) is 1.89. The monoisotopic (exact) mass is 306 g/mol. The van der Waals surface area contributed by atoms with Crippen molar-refractivity contribution in [2.45, 2.75) is 5.33 Å². The van der Waals surface area contributed by atoms with Crippen molar-refractivity contribution in [2.24, 2.45) is 5.73 Å². The highest BCUT2D eigenvalue weighted by molar-refractivity contribution is 9.10. The molecule has 1 aromatic carbocycles. The van der Waals surface area contributed by atoms with Crippen molar-refractivity contribution < 1.29 is 4.79 Å². The molecule has 4 N–H and O–H groups in total. The van der Waals surface area contributed by atoms with Crippen LogP contribution in [0.15, 0.2) is 16.6 Å². The SMILES string of the molecule is NC(=O)c1cc(Br)c(N)c(CBr)c1. The van der Waals surface area contributed by atoms with E-state index in [2.05, 4.69) is 31.9 Å². The molecule has 1 aromatic rings. The number of primary amides is 1. The highest BCUT2D eigenvalue weighted by Crippen LogP contribution is 2.26. The lowest BCUT2D eigenvalue weighted by molar-refractivity contribution is 0.1000. The highest BCUT2D eigenvalue weighted by Gasteiger charge is 2.08. The second kappa shape index (κ2) is 4.11. The predicted octanol–water partition coefficient (Wildman–Crippen LogP) is 2.03. The van der Waals surface area contributed by atoms with Crippen LogP contribution in [0.2, 0.25) is 0 Å². The zero-order chi connectivity index (χ0) is 10.0. The van der Waals surface area contributed by atoms with E-state index >= 15 is 0 Å². The minimum absolute atomic E-state index is 0.454. The fourth-order valence-electron chi connectivity index (χ4n) is 0.928. The van der Waals surface area contributed by atoms with Crippen LogP contribution >= 0.6 is 31.9 Å². The van der Waals surface area contributed by atoms with Gasteiger partial charge >= 0.3 is 0 Å². The summed E-state index contributed by atoms with van der Waals surface area (Å²) in [6, 6.07) is 3.29. The Hall–Kier alpha value is -0.550. The normalized spacial score (nSPS) is 10.0. The number of nitrogens with two attached hydrogens (primary N) is 2. The molecule has 0 aliphatic heterocycles. The van der Waals surface area contributed by atoms with Crippen molar-refractivity contribution in [3.8, 4) is 0 Å². The molecule has 0 radical (unpaired) electrons. The Labute approximate surface area is 92.7 Å². The van der Waals surface area contributed by atoms with E-state index in [1.807, 2.05) is 0 Å². The molecule has 0 aromatic heterocycles. The van der Waals surface area contributed by atoms with Crippen molar-refractivity contribution >= 4 is 43.5 Å². The lowest BCUT2D eigenvalue weighted by Gasteiger charge is -2.06. The third-order valence-electron chi connectivity index (χ3n) is 1.64. The zero-order valence-electron chi connectivity index (χ0n) is 6.68. The summed E-state index contributed by atoms with van der Waals surface area (Å²) in [7, 11) is 0. The summed E-state index contributed by atoms with van der Waals surface area (Å²) < 4.78 is 0.693. The topological polar surface area (TPSA) is 69.1 Å². The molecule has 70 valence electrons. The zero-order valence-corrected chi connectivity index (χ0v) is 9.85. The van der Waals surface area contributed by atoms with Crippen molar-refractivity contribution in [3.63, 3.8) is 0 Å². The number of hydrogen-bond donors (Lipinski definition) is 2. The van der Waals surface area contributed by atoms with Gasteiger partial charge in [0.25, 0.3) is 0 Å². The van der Waals surface area contributed by atoms with Gasteiger partial charge in [0.05, 0.1) is 0 Å². The molecule has 0 saturated carbocycles. The van der Waals surface area contributed by atoms with Crippen LogP contribution in [0.5, 0.6) is 0 Å². The third kappa shape index (κ3) is 2.22. The van der Waals surface area contributed by atoms with Gasteiger partial charge in [-0.1, -0.05) is 15.9 Å². The van der Waals surface area contributed by atoms with Gasteiger partial charge in [0.1, 0.15) is 0 Å². The first-order valence-corrected chi connectivity index (χ1v) is 5.41. The maximum Gasteiger partial charge on any atom is 0.248 e. The minimum atomic E-state index is -0.456. The van der Waals surface area contributed by atoms with E-state index in [-0.39, 0.29) is 0 Å². The highest BCUT2D eigenvalue weighted by atomic mass is 79.9. The van der Waals surface area contributed by atoms with Gasteiger partial charge in [-0.05, 0) is 33.6 Å². The summed E-state index contributed by atoms with van der Waals surface area (Å²) in [5.74, 6) is -0.456. The average Bonchev–Trinajstić information content (AvgIpc) is 2.09. The van der Waals surface area contributed by atoms with E-state index in [0.29, 0.717) is 21.1 Å². The van der Waals surface area contributed by atoms with Gasteiger partial charge in [-0.25, -0.2) is 0 Å². The van der Waals surface area contributed by atoms with E-state index in [9.17, 15) is 4.79 Å². The van der Waals surface area contributed by atoms with Crippen LogP contribution in [0, 0.1) is 0 Å². The molecule has 0 heterocycles. The minimum Gasteiger partial charge on any atom is -0.398 e. The van der Waals surface area contributed by atoms with Crippen LogP contribution in [-0.4, -0.2) is 5.91 Å². The molecule has 0 fully saturated rings. The molecule has 0 atom stereocenters. The molecule has 0 aliphatic rings. The standard InChI is InChI=1S/C8H8Br2N2O/c9-3-5-1-4(8(12)13)2-6(10)7(5)11/h1-2H,3,11H2,(H2,12,13). The quantitative estimate of drug-likeness (QED) is 0.648. The van der Waals surface area contributed by atoms with E-state index in [4.69, 9.17) is 11.5 Å². The lowest BCUT2D eigenvalue weighted by Crippen LogP contribution is -2.11. The first kappa shape index (κ1) is 10.5. The molecule has 5 heteroatoms. The Morgan fingerprint density at radius 1 is 1.46 bits per heavy atom. The first-order chi connectivity index (χ1) is 6.06. The number of rotatable bonds is 2. The van der Waals surface area contributed by atoms with Crippen molar-refractivity contribution in [1.82, 2.24) is 0 Å². The van der Waals surface area contributed by atoms with Gasteiger partial charge < -0.3 is 11.5 Å². The van der Waals surface area contributed by atoms with E-state index < -0.39 is 5.91 Å². The Bertz CT molecular complexity index is 352. The van der Waals surface area contributed by atoms with Gasteiger partial charge in [-0.15, -0.1) is 0 Å². The number of halogens is 2. The molecule has 1 amide bonds.